The standard InChI is InChI=1S/C18H26N2O2/c1-19(2)16-9-7-14(8-10-16)17-13-20(11-12-22-17)18(21)15-5-3-4-6-15/h7-10,15,17H,3-6,11-13H2,1-2H3. The minimum atomic E-state index is 0.00955. The second-order valence-corrected chi connectivity index (χ2v) is 6.61. The van der Waals surface area contributed by atoms with Gasteiger partial charge in [-0.25, -0.2) is 0 Å². The van der Waals surface area contributed by atoms with Gasteiger partial charge in [0.25, 0.3) is 0 Å². The van der Waals surface area contributed by atoms with E-state index in [9.17, 15) is 4.79 Å². The molecule has 22 heavy (non-hydrogen) atoms. The summed E-state index contributed by atoms with van der Waals surface area (Å²) in [6, 6.07) is 8.44. The van der Waals surface area contributed by atoms with Crippen LogP contribution < -0.4 is 4.90 Å². The average molecular weight is 302 g/mol. The molecular formula is C18H26N2O2. The molecule has 2 aliphatic rings. The maximum absolute atomic E-state index is 12.6. The van der Waals surface area contributed by atoms with Crippen molar-refractivity contribution in [3.8, 4) is 0 Å². The number of anilines is 1. The molecule has 0 bridgehead atoms. The van der Waals surface area contributed by atoms with Gasteiger partial charge in [-0.3, -0.25) is 4.79 Å². The number of benzene rings is 1. The van der Waals surface area contributed by atoms with E-state index in [0.29, 0.717) is 19.1 Å². The molecule has 1 atom stereocenters. The molecule has 1 aliphatic heterocycles. The normalized spacial score (nSPS) is 22.8. The van der Waals surface area contributed by atoms with Crippen LogP contribution in [0.15, 0.2) is 24.3 Å². The third-order valence-electron chi connectivity index (χ3n) is 4.86. The van der Waals surface area contributed by atoms with Crippen molar-refractivity contribution >= 4 is 11.6 Å². The fourth-order valence-electron chi connectivity index (χ4n) is 3.47. The van der Waals surface area contributed by atoms with Gasteiger partial charge in [-0.1, -0.05) is 25.0 Å². The number of morpholine rings is 1. The Labute approximate surface area is 133 Å². The number of amides is 1. The zero-order chi connectivity index (χ0) is 15.5. The fourth-order valence-corrected chi connectivity index (χ4v) is 3.47. The first kappa shape index (κ1) is 15.3. The van der Waals surface area contributed by atoms with Crippen LogP contribution in [0.5, 0.6) is 0 Å². The van der Waals surface area contributed by atoms with Crippen LogP contribution in [0.4, 0.5) is 5.69 Å². The molecule has 1 amide bonds. The summed E-state index contributed by atoms with van der Waals surface area (Å²) in [5, 5.41) is 0. The fraction of sp³-hybridized carbons (Fsp3) is 0.611. The van der Waals surface area contributed by atoms with Gasteiger partial charge >= 0.3 is 0 Å². The molecule has 2 fully saturated rings. The number of hydrogen-bond acceptors (Lipinski definition) is 3. The Morgan fingerprint density at radius 1 is 1.18 bits per heavy atom. The quantitative estimate of drug-likeness (QED) is 0.861. The average Bonchev–Trinajstić information content (AvgIpc) is 3.09. The zero-order valence-electron chi connectivity index (χ0n) is 13.6. The molecule has 120 valence electrons. The van der Waals surface area contributed by atoms with Crippen molar-refractivity contribution in [2.75, 3.05) is 38.7 Å². The zero-order valence-corrected chi connectivity index (χ0v) is 13.6. The summed E-state index contributed by atoms with van der Waals surface area (Å²) in [4.78, 5) is 16.7. The van der Waals surface area contributed by atoms with Crippen LogP contribution in [0.2, 0.25) is 0 Å². The van der Waals surface area contributed by atoms with Crippen LogP contribution in [0.3, 0.4) is 0 Å². The van der Waals surface area contributed by atoms with Crippen LogP contribution in [0.1, 0.15) is 37.4 Å². The molecular weight excluding hydrogens is 276 g/mol. The van der Waals surface area contributed by atoms with Gasteiger partial charge in [-0.15, -0.1) is 0 Å². The number of rotatable bonds is 3. The first-order chi connectivity index (χ1) is 10.6. The Balaban J connectivity index is 1.65. The molecule has 0 spiro atoms. The van der Waals surface area contributed by atoms with E-state index < -0.39 is 0 Å². The highest BCUT2D eigenvalue weighted by atomic mass is 16.5. The summed E-state index contributed by atoms with van der Waals surface area (Å²) in [5.41, 5.74) is 2.34. The van der Waals surface area contributed by atoms with Crippen molar-refractivity contribution in [1.82, 2.24) is 4.90 Å². The van der Waals surface area contributed by atoms with Gasteiger partial charge < -0.3 is 14.5 Å². The van der Waals surface area contributed by atoms with Crippen LogP contribution in [0.25, 0.3) is 0 Å². The Hall–Kier alpha value is -1.55. The summed E-state index contributed by atoms with van der Waals surface area (Å²) in [5.74, 6) is 0.602. The molecule has 1 aliphatic carbocycles. The second-order valence-electron chi connectivity index (χ2n) is 6.61. The summed E-state index contributed by atoms with van der Waals surface area (Å²) in [6.45, 7) is 2.07. The monoisotopic (exact) mass is 302 g/mol. The van der Waals surface area contributed by atoms with Gasteiger partial charge in [0.1, 0.15) is 6.10 Å². The number of ether oxygens (including phenoxy) is 1. The van der Waals surface area contributed by atoms with Crippen molar-refractivity contribution in [3.63, 3.8) is 0 Å². The molecule has 1 heterocycles. The molecule has 0 radical (unpaired) electrons. The van der Waals surface area contributed by atoms with Gasteiger partial charge in [-0.2, -0.15) is 0 Å². The molecule has 3 rings (SSSR count). The van der Waals surface area contributed by atoms with Gasteiger partial charge in [0.15, 0.2) is 0 Å². The van der Waals surface area contributed by atoms with Gasteiger partial charge in [-0.05, 0) is 30.5 Å². The smallest absolute Gasteiger partial charge is 0.225 e. The van der Waals surface area contributed by atoms with Gasteiger partial charge in [0.2, 0.25) is 5.91 Å². The number of carbonyl (C=O) groups excluding carboxylic acids is 1. The SMILES string of the molecule is CN(C)c1ccc(C2CN(C(=O)C3CCCC3)CCO2)cc1. The molecule has 1 saturated heterocycles. The van der Waals surface area contributed by atoms with E-state index >= 15 is 0 Å². The molecule has 1 aromatic rings. The summed E-state index contributed by atoms with van der Waals surface area (Å²) in [7, 11) is 4.07. The molecule has 1 unspecified atom stereocenters. The topological polar surface area (TPSA) is 32.8 Å². The van der Waals surface area contributed by atoms with Crippen molar-refractivity contribution in [3.05, 3.63) is 29.8 Å². The lowest BCUT2D eigenvalue weighted by Crippen LogP contribution is -2.44. The van der Waals surface area contributed by atoms with Crippen molar-refractivity contribution in [2.45, 2.75) is 31.8 Å². The minimum Gasteiger partial charge on any atom is -0.378 e. The third kappa shape index (κ3) is 3.27. The van der Waals surface area contributed by atoms with Crippen LogP contribution >= 0.6 is 0 Å². The van der Waals surface area contributed by atoms with E-state index in [4.69, 9.17) is 4.74 Å². The van der Waals surface area contributed by atoms with Crippen molar-refractivity contribution in [2.24, 2.45) is 5.92 Å². The van der Waals surface area contributed by atoms with E-state index in [0.717, 1.165) is 24.9 Å². The Morgan fingerprint density at radius 2 is 1.86 bits per heavy atom. The van der Waals surface area contributed by atoms with Crippen LogP contribution in [0, 0.1) is 5.92 Å². The Kier molecular flexibility index (Phi) is 4.67. The largest absolute Gasteiger partial charge is 0.378 e. The first-order valence-electron chi connectivity index (χ1n) is 8.33. The van der Waals surface area contributed by atoms with Crippen molar-refractivity contribution in [1.29, 1.82) is 0 Å². The molecule has 1 saturated carbocycles. The Bertz CT molecular complexity index is 506. The minimum absolute atomic E-state index is 0.00955. The highest BCUT2D eigenvalue weighted by Gasteiger charge is 2.31. The number of nitrogens with zero attached hydrogens (tertiary/aromatic N) is 2. The maximum Gasteiger partial charge on any atom is 0.225 e. The van der Waals surface area contributed by atoms with E-state index in [1.165, 1.54) is 18.5 Å². The molecule has 1 aromatic carbocycles. The van der Waals surface area contributed by atoms with Gasteiger partial charge in [0.05, 0.1) is 13.2 Å². The predicted octanol–water partition coefficient (Wildman–Crippen LogP) is 2.84. The van der Waals surface area contributed by atoms with Crippen LogP contribution in [-0.2, 0) is 9.53 Å². The first-order valence-corrected chi connectivity index (χ1v) is 8.33. The molecule has 4 nitrogen and oxygen atoms in total. The number of hydrogen-bond donors (Lipinski definition) is 0. The highest BCUT2D eigenvalue weighted by Crippen LogP contribution is 2.29. The predicted molar refractivity (Wildman–Crippen MR) is 88.0 cm³/mol. The van der Waals surface area contributed by atoms with Gasteiger partial charge in [0, 0.05) is 32.2 Å². The Morgan fingerprint density at radius 3 is 2.50 bits per heavy atom. The molecule has 4 heteroatoms. The lowest BCUT2D eigenvalue weighted by atomic mass is 10.0. The van der Waals surface area contributed by atoms with E-state index in [2.05, 4.69) is 29.2 Å². The van der Waals surface area contributed by atoms with Crippen molar-refractivity contribution < 1.29 is 9.53 Å². The third-order valence-corrected chi connectivity index (χ3v) is 4.86. The maximum atomic E-state index is 12.6. The van der Waals surface area contributed by atoms with E-state index in [1.807, 2.05) is 19.0 Å². The molecule has 0 N–H and O–H groups in total. The van der Waals surface area contributed by atoms with E-state index in [-0.39, 0.29) is 12.0 Å². The highest BCUT2D eigenvalue weighted by molar-refractivity contribution is 5.79. The lowest BCUT2D eigenvalue weighted by molar-refractivity contribution is -0.143. The summed E-state index contributed by atoms with van der Waals surface area (Å²) >= 11 is 0. The van der Waals surface area contributed by atoms with E-state index in [1.54, 1.807) is 0 Å². The summed E-state index contributed by atoms with van der Waals surface area (Å²) < 4.78 is 5.90. The number of carbonyl (C=O) groups is 1. The second kappa shape index (κ2) is 6.69. The lowest BCUT2D eigenvalue weighted by Gasteiger charge is -2.34. The molecule has 0 aromatic heterocycles. The summed E-state index contributed by atoms with van der Waals surface area (Å²) in [6.07, 6.45) is 4.55. The van der Waals surface area contributed by atoms with Crippen LogP contribution in [-0.4, -0.2) is 44.6 Å².